The minimum absolute atomic E-state index is 0.145. The van der Waals surface area contributed by atoms with Crippen LogP contribution in [0.1, 0.15) is 22.8 Å². The lowest BCUT2D eigenvalue weighted by Crippen LogP contribution is -2.24. The van der Waals surface area contributed by atoms with Crippen molar-refractivity contribution in [1.29, 1.82) is 0 Å². The molecule has 0 saturated heterocycles. The highest BCUT2D eigenvalue weighted by Gasteiger charge is 2.25. The number of hydrogen-bond donors (Lipinski definition) is 1. The first-order valence-corrected chi connectivity index (χ1v) is 4.20. The van der Waals surface area contributed by atoms with Crippen molar-refractivity contribution < 1.29 is 14.6 Å². The largest absolute Gasteiger partial charge is 0.508 e. The molecule has 0 aromatic heterocycles. The summed E-state index contributed by atoms with van der Waals surface area (Å²) in [5, 5.41) is 9.48. The molecule has 0 spiro atoms. The summed E-state index contributed by atoms with van der Waals surface area (Å²) in [5.74, 6) is -0.161. The molecule has 13 heavy (non-hydrogen) atoms. The minimum Gasteiger partial charge on any atom is -0.508 e. The van der Waals surface area contributed by atoms with E-state index in [1.54, 1.807) is 18.2 Å². The zero-order valence-corrected chi connectivity index (χ0v) is 7.28. The Morgan fingerprint density at radius 1 is 1.54 bits per heavy atom. The normalized spacial score (nSPS) is 20.7. The summed E-state index contributed by atoms with van der Waals surface area (Å²) in [6.07, 6.45) is 0.446. The van der Waals surface area contributed by atoms with E-state index in [4.69, 9.17) is 4.74 Å². The summed E-state index contributed by atoms with van der Waals surface area (Å²) in [5.41, 5.74) is 1.18. The number of ether oxygens (including phenoxy) is 1. The third kappa shape index (κ3) is 1.26. The van der Waals surface area contributed by atoms with Crippen LogP contribution in [0.25, 0.3) is 0 Å². The van der Waals surface area contributed by atoms with Crippen molar-refractivity contribution >= 4 is 5.97 Å². The Labute approximate surface area is 76.0 Å². The second-order valence-electron chi connectivity index (χ2n) is 3.22. The number of cyclic esters (lactones) is 1. The number of rotatable bonds is 0. The Bertz CT molecular complexity index is 357. The topological polar surface area (TPSA) is 46.5 Å². The van der Waals surface area contributed by atoms with Crippen molar-refractivity contribution in [1.82, 2.24) is 0 Å². The lowest BCUT2D eigenvalue weighted by molar-refractivity contribution is 0.0298. The molecule has 1 aliphatic rings. The van der Waals surface area contributed by atoms with Gasteiger partial charge in [0.2, 0.25) is 0 Å². The molecule has 1 unspecified atom stereocenters. The molecular formula is C10H10O3. The van der Waals surface area contributed by atoms with Crippen LogP contribution in [-0.4, -0.2) is 17.2 Å². The molecular weight excluding hydrogens is 168 g/mol. The Hall–Kier alpha value is -1.51. The second-order valence-corrected chi connectivity index (χ2v) is 3.22. The predicted molar refractivity (Wildman–Crippen MR) is 46.7 cm³/mol. The number of fused-ring (bicyclic) bond motifs is 1. The maximum absolute atomic E-state index is 11.3. The fraction of sp³-hybridized carbons (Fsp3) is 0.300. The summed E-state index contributed by atoms with van der Waals surface area (Å²) in [7, 11) is 0. The van der Waals surface area contributed by atoms with Gasteiger partial charge in [-0.1, -0.05) is 6.07 Å². The van der Waals surface area contributed by atoms with E-state index in [1.165, 1.54) is 0 Å². The van der Waals surface area contributed by atoms with E-state index >= 15 is 0 Å². The smallest absolute Gasteiger partial charge is 0.338 e. The SMILES string of the molecule is CC1Cc2c(O)cccc2C(=O)O1. The summed E-state index contributed by atoms with van der Waals surface area (Å²) in [4.78, 5) is 11.3. The fourth-order valence-electron chi connectivity index (χ4n) is 1.56. The first-order valence-electron chi connectivity index (χ1n) is 4.20. The third-order valence-electron chi connectivity index (χ3n) is 2.17. The lowest BCUT2D eigenvalue weighted by atomic mass is 9.98. The van der Waals surface area contributed by atoms with E-state index in [1.807, 2.05) is 6.92 Å². The second kappa shape index (κ2) is 2.76. The van der Waals surface area contributed by atoms with Gasteiger partial charge >= 0.3 is 5.97 Å². The van der Waals surface area contributed by atoms with Gasteiger partial charge in [-0.25, -0.2) is 4.79 Å². The predicted octanol–water partition coefficient (Wildman–Crippen LogP) is 1.49. The summed E-state index contributed by atoms with van der Waals surface area (Å²) < 4.78 is 5.02. The first-order chi connectivity index (χ1) is 6.18. The molecule has 1 aliphatic heterocycles. The summed E-state index contributed by atoms with van der Waals surface area (Å²) in [6, 6.07) is 4.90. The first kappa shape index (κ1) is 8.10. The number of hydrogen-bond acceptors (Lipinski definition) is 3. The van der Waals surface area contributed by atoms with Crippen LogP contribution in [0, 0.1) is 0 Å². The molecule has 3 heteroatoms. The van der Waals surface area contributed by atoms with Gasteiger partial charge in [-0.3, -0.25) is 0 Å². The Morgan fingerprint density at radius 2 is 2.31 bits per heavy atom. The van der Waals surface area contributed by atoms with Crippen LogP contribution in [0.2, 0.25) is 0 Å². The summed E-state index contributed by atoms with van der Waals surface area (Å²) >= 11 is 0. The van der Waals surface area contributed by atoms with E-state index in [9.17, 15) is 9.90 Å². The maximum Gasteiger partial charge on any atom is 0.338 e. The fourth-order valence-corrected chi connectivity index (χ4v) is 1.56. The molecule has 1 aromatic rings. The molecule has 0 saturated carbocycles. The summed E-state index contributed by atoms with van der Waals surface area (Å²) in [6.45, 7) is 1.81. The number of phenolic OH excluding ortho intramolecular Hbond substituents is 1. The van der Waals surface area contributed by atoms with E-state index in [0.717, 1.165) is 0 Å². The lowest BCUT2D eigenvalue weighted by Gasteiger charge is -2.21. The number of esters is 1. The van der Waals surface area contributed by atoms with Crippen LogP contribution >= 0.6 is 0 Å². The molecule has 0 radical (unpaired) electrons. The molecule has 0 amide bonds. The van der Waals surface area contributed by atoms with Crippen LogP contribution in [0.4, 0.5) is 0 Å². The van der Waals surface area contributed by atoms with Gasteiger partial charge in [-0.05, 0) is 19.1 Å². The molecule has 3 nitrogen and oxygen atoms in total. The van der Waals surface area contributed by atoms with Crippen molar-refractivity contribution in [3.05, 3.63) is 29.3 Å². The molecule has 1 heterocycles. The van der Waals surface area contributed by atoms with E-state index < -0.39 is 0 Å². The minimum atomic E-state index is -0.343. The average Bonchev–Trinajstić information content (AvgIpc) is 2.07. The van der Waals surface area contributed by atoms with E-state index in [-0.39, 0.29) is 17.8 Å². The molecule has 1 atom stereocenters. The van der Waals surface area contributed by atoms with Gasteiger partial charge < -0.3 is 9.84 Å². The average molecular weight is 178 g/mol. The number of carbonyl (C=O) groups excluding carboxylic acids is 1. The van der Waals surface area contributed by atoms with Crippen molar-refractivity contribution in [3.63, 3.8) is 0 Å². The van der Waals surface area contributed by atoms with Gasteiger partial charge in [0.1, 0.15) is 11.9 Å². The number of phenols is 1. The zero-order valence-electron chi connectivity index (χ0n) is 7.28. The Morgan fingerprint density at radius 3 is 3.08 bits per heavy atom. The van der Waals surface area contributed by atoms with Gasteiger partial charge in [-0.2, -0.15) is 0 Å². The zero-order chi connectivity index (χ0) is 9.42. The molecule has 0 bridgehead atoms. The van der Waals surface area contributed by atoms with E-state index in [0.29, 0.717) is 17.5 Å². The number of aromatic hydroxyl groups is 1. The standard InChI is InChI=1S/C10H10O3/c1-6-5-8-7(10(12)13-6)3-2-4-9(8)11/h2-4,6,11H,5H2,1H3. The van der Waals surface area contributed by atoms with Crippen LogP contribution in [0.5, 0.6) is 5.75 Å². The van der Waals surface area contributed by atoms with Crippen LogP contribution in [-0.2, 0) is 11.2 Å². The van der Waals surface area contributed by atoms with Crippen LogP contribution in [0.3, 0.4) is 0 Å². The van der Waals surface area contributed by atoms with Gasteiger partial charge in [0.25, 0.3) is 0 Å². The highest BCUT2D eigenvalue weighted by Crippen LogP contribution is 2.27. The highest BCUT2D eigenvalue weighted by molar-refractivity contribution is 5.93. The molecule has 2 rings (SSSR count). The van der Waals surface area contributed by atoms with Crippen molar-refractivity contribution in [3.8, 4) is 5.75 Å². The van der Waals surface area contributed by atoms with Gasteiger partial charge in [0.05, 0.1) is 5.56 Å². The molecule has 1 aromatic carbocycles. The third-order valence-corrected chi connectivity index (χ3v) is 2.17. The van der Waals surface area contributed by atoms with Crippen molar-refractivity contribution in [2.45, 2.75) is 19.4 Å². The molecule has 68 valence electrons. The Balaban J connectivity index is 2.55. The quantitative estimate of drug-likeness (QED) is 0.612. The highest BCUT2D eigenvalue weighted by atomic mass is 16.5. The van der Waals surface area contributed by atoms with Gasteiger partial charge in [0.15, 0.2) is 0 Å². The molecule has 0 fully saturated rings. The van der Waals surface area contributed by atoms with E-state index in [2.05, 4.69) is 0 Å². The molecule has 0 aliphatic carbocycles. The van der Waals surface area contributed by atoms with Crippen LogP contribution < -0.4 is 0 Å². The monoisotopic (exact) mass is 178 g/mol. The number of benzene rings is 1. The van der Waals surface area contributed by atoms with Crippen LogP contribution in [0.15, 0.2) is 18.2 Å². The van der Waals surface area contributed by atoms with Crippen molar-refractivity contribution in [2.75, 3.05) is 0 Å². The maximum atomic E-state index is 11.3. The van der Waals surface area contributed by atoms with Crippen molar-refractivity contribution in [2.24, 2.45) is 0 Å². The van der Waals surface area contributed by atoms with Gasteiger partial charge in [-0.15, -0.1) is 0 Å². The van der Waals surface area contributed by atoms with Gasteiger partial charge in [0, 0.05) is 12.0 Å². The molecule has 1 N–H and O–H groups in total. The number of carbonyl (C=O) groups is 1. The Kier molecular flexibility index (Phi) is 1.72.